The molecule has 1 aliphatic rings. The molecule has 112 valence electrons. The zero-order valence-electron chi connectivity index (χ0n) is 12.6. The first-order chi connectivity index (χ1) is 10.5. The van der Waals surface area contributed by atoms with Crippen LogP contribution in [0.3, 0.4) is 0 Å². The SMILES string of the molecule is Cc1cc(C)cc(NC(=O)C2Cc3ccccc3C(=O)N2)c1. The zero-order chi connectivity index (χ0) is 15.7. The average molecular weight is 294 g/mol. The molecule has 0 aromatic heterocycles. The number of hydrogen-bond acceptors (Lipinski definition) is 2. The highest BCUT2D eigenvalue weighted by molar-refractivity contribution is 6.03. The van der Waals surface area contributed by atoms with Crippen molar-refractivity contribution in [3.8, 4) is 0 Å². The van der Waals surface area contributed by atoms with Crippen LogP contribution >= 0.6 is 0 Å². The molecule has 0 saturated heterocycles. The van der Waals surface area contributed by atoms with E-state index in [0.29, 0.717) is 12.0 Å². The van der Waals surface area contributed by atoms with Crippen molar-refractivity contribution in [1.29, 1.82) is 0 Å². The number of nitrogens with one attached hydrogen (secondary N) is 2. The molecule has 0 spiro atoms. The second-order valence-electron chi connectivity index (χ2n) is 5.75. The molecule has 1 unspecified atom stereocenters. The quantitative estimate of drug-likeness (QED) is 0.894. The molecule has 22 heavy (non-hydrogen) atoms. The molecular formula is C18H18N2O2. The van der Waals surface area contributed by atoms with Gasteiger partial charge in [-0.25, -0.2) is 0 Å². The minimum absolute atomic E-state index is 0.187. The van der Waals surface area contributed by atoms with E-state index in [1.807, 2.05) is 50.2 Å². The number of aryl methyl sites for hydroxylation is 2. The molecule has 0 aliphatic carbocycles. The third-order valence-corrected chi connectivity index (χ3v) is 3.80. The molecular weight excluding hydrogens is 276 g/mol. The monoisotopic (exact) mass is 294 g/mol. The lowest BCUT2D eigenvalue weighted by Crippen LogP contribution is -2.48. The number of anilines is 1. The van der Waals surface area contributed by atoms with Gasteiger partial charge in [-0.3, -0.25) is 9.59 Å². The molecule has 0 bridgehead atoms. The Morgan fingerprint density at radius 1 is 1.14 bits per heavy atom. The molecule has 0 saturated carbocycles. The average Bonchev–Trinajstić information content (AvgIpc) is 2.46. The van der Waals surface area contributed by atoms with Gasteiger partial charge in [-0.1, -0.05) is 24.3 Å². The van der Waals surface area contributed by atoms with Crippen molar-refractivity contribution in [2.75, 3.05) is 5.32 Å². The highest BCUT2D eigenvalue weighted by Gasteiger charge is 2.28. The Hall–Kier alpha value is -2.62. The van der Waals surface area contributed by atoms with Crippen molar-refractivity contribution in [2.24, 2.45) is 0 Å². The Morgan fingerprint density at radius 3 is 2.55 bits per heavy atom. The van der Waals surface area contributed by atoms with E-state index >= 15 is 0 Å². The summed E-state index contributed by atoms with van der Waals surface area (Å²) in [4.78, 5) is 24.5. The van der Waals surface area contributed by atoms with Crippen molar-refractivity contribution in [1.82, 2.24) is 5.32 Å². The minimum atomic E-state index is -0.539. The van der Waals surface area contributed by atoms with Crippen molar-refractivity contribution in [3.63, 3.8) is 0 Å². The summed E-state index contributed by atoms with van der Waals surface area (Å²) < 4.78 is 0. The highest BCUT2D eigenvalue weighted by atomic mass is 16.2. The summed E-state index contributed by atoms with van der Waals surface area (Å²) in [6.45, 7) is 3.97. The first-order valence-corrected chi connectivity index (χ1v) is 7.31. The van der Waals surface area contributed by atoms with E-state index in [2.05, 4.69) is 10.6 Å². The molecule has 1 aliphatic heterocycles. The van der Waals surface area contributed by atoms with Crippen LogP contribution in [-0.4, -0.2) is 17.9 Å². The van der Waals surface area contributed by atoms with Crippen LogP contribution in [0.2, 0.25) is 0 Å². The van der Waals surface area contributed by atoms with Gasteiger partial charge in [0, 0.05) is 17.7 Å². The molecule has 2 aromatic carbocycles. The molecule has 1 atom stereocenters. The molecule has 3 rings (SSSR count). The van der Waals surface area contributed by atoms with Crippen molar-refractivity contribution in [2.45, 2.75) is 26.3 Å². The lowest BCUT2D eigenvalue weighted by Gasteiger charge is -2.24. The third kappa shape index (κ3) is 2.86. The van der Waals surface area contributed by atoms with Gasteiger partial charge in [0.2, 0.25) is 5.91 Å². The third-order valence-electron chi connectivity index (χ3n) is 3.80. The number of fused-ring (bicyclic) bond motifs is 1. The molecule has 2 N–H and O–H groups in total. The predicted molar refractivity (Wildman–Crippen MR) is 85.9 cm³/mol. The largest absolute Gasteiger partial charge is 0.340 e. The summed E-state index contributed by atoms with van der Waals surface area (Å²) in [5.41, 5.74) is 4.50. The fourth-order valence-electron chi connectivity index (χ4n) is 2.86. The number of carbonyl (C=O) groups excluding carboxylic acids is 2. The van der Waals surface area contributed by atoms with Gasteiger partial charge in [-0.15, -0.1) is 0 Å². The fraction of sp³-hybridized carbons (Fsp3) is 0.222. The lowest BCUT2D eigenvalue weighted by atomic mass is 9.95. The van der Waals surface area contributed by atoms with E-state index < -0.39 is 6.04 Å². The van der Waals surface area contributed by atoms with Gasteiger partial charge in [0.1, 0.15) is 6.04 Å². The number of amides is 2. The summed E-state index contributed by atoms with van der Waals surface area (Å²) in [5, 5.41) is 5.66. The van der Waals surface area contributed by atoms with E-state index in [9.17, 15) is 9.59 Å². The standard InChI is InChI=1S/C18H18N2O2/c1-11-7-12(2)9-14(8-11)19-18(22)16-10-13-5-3-4-6-15(13)17(21)20-16/h3-9,16H,10H2,1-2H3,(H,19,22)(H,20,21). The summed E-state index contributed by atoms with van der Waals surface area (Å²) >= 11 is 0. The normalized spacial score (nSPS) is 16.6. The van der Waals surface area contributed by atoms with E-state index in [1.165, 1.54) is 0 Å². The van der Waals surface area contributed by atoms with Gasteiger partial charge in [-0.2, -0.15) is 0 Å². The minimum Gasteiger partial charge on any atom is -0.340 e. The molecule has 0 radical (unpaired) electrons. The maximum atomic E-state index is 12.4. The second kappa shape index (κ2) is 5.64. The van der Waals surface area contributed by atoms with Crippen LogP contribution in [0.25, 0.3) is 0 Å². The Bertz CT molecular complexity index is 732. The Morgan fingerprint density at radius 2 is 1.82 bits per heavy atom. The van der Waals surface area contributed by atoms with Crippen LogP contribution in [0, 0.1) is 13.8 Å². The fourth-order valence-corrected chi connectivity index (χ4v) is 2.86. The highest BCUT2D eigenvalue weighted by Crippen LogP contribution is 2.18. The van der Waals surface area contributed by atoms with Gasteiger partial charge in [-0.05, 0) is 48.7 Å². The Labute approximate surface area is 129 Å². The van der Waals surface area contributed by atoms with Crippen LogP contribution < -0.4 is 10.6 Å². The first-order valence-electron chi connectivity index (χ1n) is 7.31. The predicted octanol–water partition coefficient (Wildman–Crippen LogP) is 2.60. The van der Waals surface area contributed by atoms with Gasteiger partial charge >= 0.3 is 0 Å². The zero-order valence-corrected chi connectivity index (χ0v) is 12.6. The molecule has 2 aromatic rings. The van der Waals surface area contributed by atoms with Crippen molar-refractivity contribution >= 4 is 17.5 Å². The van der Waals surface area contributed by atoms with Crippen LogP contribution in [0.5, 0.6) is 0 Å². The number of benzene rings is 2. The Balaban J connectivity index is 1.78. The molecule has 0 fully saturated rings. The number of rotatable bonds is 2. The number of hydrogen-bond donors (Lipinski definition) is 2. The van der Waals surface area contributed by atoms with Crippen molar-refractivity contribution < 1.29 is 9.59 Å². The summed E-state index contributed by atoms with van der Waals surface area (Å²) in [5.74, 6) is -0.379. The van der Waals surface area contributed by atoms with Gasteiger partial charge in [0.15, 0.2) is 0 Å². The second-order valence-corrected chi connectivity index (χ2v) is 5.75. The summed E-state index contributed by atoms with van der Waals surface area (Å²) in [7, 11) is 0. The van der Waals surface area contributed by atoms with Crippen LogP contribution in [-0.2, 0) is 11.2 Å². The van der Waals surface area contributed by atoms with E-state index in [0.717, 1.165) is 22.4 Å². The topological polar surface area (TPSA) is 58.2 Å². The van der Waals surface area contributed by atoms with E-state index in [-0.39, 0.29) is 11.8 Å². The number of carbonyl (C=O) groups is 2. The smallest absolute Gasteiger partial charge is 0.252 e. The molecule has 4 heteroatoms. The molecule has 4 nitrogen and oxygen atoms in total. The van der Waals surface area contributed by atoms with Crippen LogP contribution in [0.1, 0.15) is 27.0 Å². The summed E-state index contributed by atoms with van der Waals surface area (Å²) in [6.07, 6.45) is 0.512. The van der Waals surface area contributed by atoms with Gasteiger partial charge in [0.25, 0.3) is 5.91 Å². The summed E-state index contributed by atoms with van der Waals surface area (Å²) in [6, 6.07) is 12.7. The lowest BCUT2D eigenvalue weighted by molar-refractivity contribution is -0.118. The van der Waals surface area contributed by atoms with E-state index in [1.54, 1.807) is 6.07 Å². The first kappa shape index (κ1) is 14.3. The van der Waals surface area contributed by atoms with Gasteiger partial charge in [0.05, 0.1) is 0 Å². The molecule has 1 heterocycles. The van der Waals surface area contributed by atoms with Crippen molar-refractivity contribution in [3.05, 3.63) is 64.7 Å². The van der Waals surface area contributed by atoms with Crippen LogP contribution in [0.15, 0.2) is 42.5 Å². The van der Waals surface area contributed by atoms with Gasteiger partial charge < -0.3 is 10.6 Å². The maximum absolute atomic E-state index is 12.4. The molecule has 2 amide bonds. The Kier molecular flexibility index (Phi) is 3.67. The van der Waals surface area contributed by atoms with Crippen LogP contribution in [0.4, 0.5) is 5.69 Å². The van der Waals surface area contributed by atoms with E-state index in [4.69, 9.17) is 0 Å². The maximum Gasteiger partial charge on any atom is 0.252 e.